The van der Waals surface area contributed by atoms with Crippen LogP contribution in [0.1, 0.15) is 11.1 Å². The lowest BCUT2D eigenvalue weighted by Gasteiger charge is -2.20. The Bertz CT molecular complexity index is 847. The van der Waals surface area contributed by atoms with E-state index in [-0.39, 0.29) is 5.45 Å². The second-order valence-corrected chi connectivity index (χ2v) is 8.73. The maximum atomic E-state index is 11.6. The summed E-state index contributed by atoms with van der Waals surface area (Å²) in [6, 6.07) is 14.3. The smallest absolute Gasteiger partial charge is 0.497 e. The van der Waals surface area contributed by atoms with Crippen molar-refractivity contribution in [3.63, 3.8) is 0 Å². The van der Waals surface area contributed by atoms with Gasteiger partial charge in [0.1, 0.15) is 18.5 Å². The lowest BCUT2D eigenvalue weighted by Crippen LogP contribution is -2.67. The third-order valence-corrected chi connectivity index (χ3v) is 6.54. The molecule has 28 heavy (non-hydrogen) atoms. The molecule has 148 valence electrons. The van der Waals surface area contributed by atoms with Crippen LogP contribution < -0.4 is 14.3 Å². The molecule has 0 bridgehead atoms. The molecule has 0 aliphatic heterocycles. The quantitative estimate of drug-likeness (QED) is 0.182. The first-order chi connectivity index (χ1) is 13.5. The molecule has 2 atom stereocenters. The van der Waals surface area contributed by atoms with Crippen molar-refractivity contribution < 1.29 is 28.7 Å². The van der Waals surface area contributed by atoms with Gasteiger partial charge in [0, 0.05) is 11.7 Å². The second-order valence-electron chi connectivity index (χ2n) is 5.31. The SMILES string of the molecule is C[NH+]=C(c1ccc(OP(S)N(C)/N=C/c2ccc(OC)cc2)cc1)[P+](=O)OO. The van der Waals surface area contributed by atoms with Crippen molar-refractivity contribution in [3.8, 4) is 11.5 Å². The normalized spacial score (nSPS) is 13.3. The number of rotatable bonds is 9. The van der Waals surface area contributed by atoms with Crippen LogP contribution in [0, 0.1) is 0 Å². The largest absolute Gasteiger partial charge is 0.650 e. The molecule has 0 heterocycles. The van der Waals surface area contributed by atoms with Gasteiger partial charge in [0.2, 0.25) is 0 Å². The summed E-state index contributed by atoms with van der Waals surface area (Å²) >= 11 is 4.46. The fraction of sp³-hybridized carbons (Fsp3) is 0.176. The zero-order valence-corrected chi connectivity index (χ0v) is 18.2. The predicted molar refractivity (Wildman–Crippen MR) is 114 cm³/mol. The summed E-state index contributed by atoms with van der Waals surface area (Å²) in [5, 5.41) is 12.9. The van der Waals surface area contributed by atoms with E-state index in [0.717, 1.165) is 11.3 Å². The van der Waals surface area contributed by atoms with Crippen molar-refractivity contribution in [2.75, 3.05) is 21.2 Å². The lowest BCUT2D eigenvalue weighted by molar-refractivity contribution is -0.416. The van der Waals surface area contributed by atoms with Crippen LogP contribution in [0.4, 0.5) is 0 Å². The third-order valence-electron chi connectivity index (χ3n) is 3.55. The van der Waals surface area contributed by atoms with Gasteiger partial charge in [-0.05, 0) is 58.7 Å². The summed E-state index contributed by atoms with van der Waals surface area (Å²) in [5.41, 5.74) is 1.81. The molecule has 0 aliphatic rings. The minimum atomic E-state index is -2.36. The number of nitrogens with zero attached hydrogens (tertiary/aromatic N) is 2. The molecule has 8 nitrogen and oxygen atoms in total. The monoisotopic (exact) mass is 441 g/mol. The van der Waals surface area contributed by atoms with Gasteiger partial charge in [-0.15, -0.1) is 0 Å². The van der Waals surface area contributed by atoms with Crippen LogP contribution in [0.3, 0.4) is 0 Å². The van der Waals surface area contributed by atoms with Crippen molar-refractivity contribution >= 4 is 39.4 Å². The third kappa shape index (κ3) is 6.26. The molecule has 2 aromatic rings. The summed E-state index contributed by atoms with van der Waals surface area (Å²) < 4.78 is 28.1. The molecule has 2 unspecified atom stereocenters. The number of hydrogen-bond donors (Lipinski definition) is 3. The Morgan fingerprint density at radius 2 is 1.82 bits per heavy atom. The molecule has 2 N–H and O–H groups in total. The van der Waals surface area contributed by atoms with E-state index in [1.54, 1.807) is 56.5 Å². The molecule has 0 aliphatic carbocycles. The van der Waals surface area contributed by atoms with Gasteiger partial charge >= 0.3 is 13.5 Å². The maximum absolute atomic E-state index is 11.6. The van der Waals surface area contributed by atoms with Crippen LogP contribution >= 0.6 is 27.8 Å². The Morgan fingerprint density at radius 1 is 1.21 bits per heavy atom. The second kappa shape index (κ2) is 11.1. The minimum Gasteiger partial charge on any atom is -0.497 e. The van der Waals surface area contributed by atoms with E-state index in [1.165, 1.54) is 0 Å². The summed E-state index contributed by atoms with van der Waals surface area (Å²) in [7, 11) is 1.31. The molecule has 0 aromatic heterocycles. The van der Waals surface area contributed by atoms with Crippen LogP contribution in [0.25, 0.3) is 0 Å². The number of methoxy groups -OCH3 is 1. The predicted octanol–water partition coefficient (Wildman–Crippen LogP) is 2.89. The van der Waals surface area contributed by atoms with Crippen LogP contribution in [0.5, 0.6) is 11.5 Å². The van der Waals surface area contributed by atoms with Gasteiger partial charge in [-0.25, -0.2) is 15.0 Å². The van der Waals surface area contributed by atoms with E-state index in [9.17, 15) is 4.57 Å². The molecule has 11 heteroatoms. The van der Waals surface area contributed by atoms with Gasteiger partial charge < -0.3 is 9.26 Å². The first-order valence-corrected chi connectivity index (χ1v) is 11.5. The van der Waals surface area contributed by atoms with Crippen molar-refractivity contribution in [1.82, 2.24) is 4.78 Å². The summed E-state index contributed by atoms with van der Waals surface area (Å²) in [5.74, 6) is 1.36. The number of benzene rings is 2. The fourth-order valence-corrected chi connectivity index (χ4v) is 3.71. The molecular weight excluding hydrogens is 420 g/mol. The summed E-state index contributed by atoms with van der Waals surface area (Å²) in [6.07, 6.45) is 1.71. The first-order valence-electron chi connectivity index (χ1n) is 8.01. The Morgan fingerprint density at radius 3 is 2.36 bits per heavy atom. The van der Waals surface area contributed by atoms with Gasteiger partial charge in [-0.2, -0.15) is 5.10 Å². The zero-order valence-electron chi connectivity index (χ0n) is 15.5. The van der Waals surface area contributed by atoms with E-state index < -0.39 is 15.5 Å². The summed E-state index contributed by atoms with van der Waals surface area (Å²) in [6.45, 7) is 0. The molecule has 0 fully saturated rings. The van der Waals surface area contributed by atoms with E-state index in [1.807, 2.05) is 24.3 Å². The standard InChI is InChI=1S/C17H19N3O5P2S/c1-18-17(26(22)25-21)14-6-10-16(11-7-14)24-27(28)20(2)19-12-13-4-8-15(23-3)9-5-13/h4-12,28H,1-3H3/p+2/b18-17?,19-12+. The Labute approximate surface area is 170 Å². The first kappa shape index (κ1) is 22.3. The number of thiol groups is 1. The van der Waals surface area contributed by atoms with Gasteiger partial charge in [0.25, 0.3) is 7.50 Å². The molecule has 0 radical (unpaired) electrons. The average Bonchev–Trinajstić information content (AvgIpc) is 2.73. The van der Waals surface area contributed by atoms with Crippen molar-refractivity contribution in [1.29, 1.82) is 0 Å². The molecule has 2 rings (SSSR count). The number of nitrogens with one attached hydrogen (secondary N) is 1. The van der Waals surface area contributed by atoms with Gasteiger partial charge in [-0.3, -0.25) is 0 Å². The van der Waals surface area contributed by atoms with Crippen molar-refractivity contribution in [3.05, 3.63) is 59.7 Å². The van der Waals surface area contributed by atoms with Crippen LogP contribution in [-0.4, -0.2) is 42.9 Å². The topological polar surface area (TPSA) is 94.6 Å². The highest BCUT2D eigenvalue weighted by Gasteiger charge is 2.36. The van der Waals surface area contributed by atoms with Gasteiger partial charge in [0.15, 0.2) is 0 Å². The van der Waals surface area contributed by atoms with Crippen molar-refractivity contribution in [2.45, 2.75) is 0 Å². The molecule has 0 spiro atoms. The molecule has 0 amide bonds. The van der Waals surface area contributed by atoms with Crippen LogP contribution in [-0.2, 0) is 9.24 Å². The Kier molecular flexibility index (Phi) is 8.83. The van der Waals surface area contributed by atoms with E-state index >= 15 is 0 Å². The van der Waals surface area contributed by atoms with E-state index in [2.05, 4.69) is 27.0 Å². The number of hydrazone groups is 1. The lowest BCUT2D eigenvalue weighted by atomic mass is 10.2. The molecule has 0 saturated heterocycles. The van der Waals surface area contributed by atoms with Crippen molar-refractivity contribution in [2.24, 2.45) is 5.10 Å². The van der Waals surface area contributed by atoms with E-state index in [0.29, 0.717) is 11.3 Å². The highest BCUT2D eigenvalue weighted by molar-refractivity contribution is 8.42. The highest BCUT2D eigenvalue weighted by atomic mass is 32.7. The Balaban J connectivity index is 1.98. The highest BCUT2D eigenvalue weighted by Crippen LogP contribution is 2.45. The van der Waals surface area contributed by atoms with Crippen LogP contribution in [0.15, 0.2) is 53.6 Å². The average molecular weight is 441 g/mol. The van der Waals surface area contributed by atoms with Crippen LogP contribution in [0.2, 0.25) is 0 Å². The molecular formula is C17H21N3O5P2S+2. The van der Waals surface area contributed by atoms with Gasteiger partial charge in [-0.1, -0.05) is 12.2 Å². The minimum absolute atomic E-state index is 0.276. The van der Waals surface area contributed by atoms with E-state index in [4.69, 9.17) is 14.5 Å². The van der Waals surface area contributed by atoms with Gasteiger partial charge in [0.05, 0.1) is 18.9 Å². The maximum Gasteiger partial charge on any atom is 0.650 e. The number of ether oxygens (including phenoxy) is 1. The Hall–Kier alpha value is -2.02. The molecule has 0 saturated carbocycles. The zero-order chi connectivity index (χ0) is 20.5. The summed E-state index contributed by atoms with van der Waals surface area (Å²) in [4.78, 5) is 2.75. The number of hydrogen-bond acceptors (Lipinski definition) is 8. The molecule has 2 aromatic carbocycles. The fourth-order valence-electron chi connectivity index (χ4n) is 2.09.